The van der Waals surface area contributed by atoms with Gasteiger partial charge in [-0.3, -0.25) is 0 Å². The molecule has 3 rings (SSSR count). The van der Waals surface area contributed by atoms with Crippen molar-refractivity contribution in [1.82, 2.24) is 9.61 Å². The van der Waals surface area contributed by atoms with Gasteiger partial charge in [0.2, 0.25) is 0 Å². The molecule has 0 unspecified atom stereocenters. The number of hydrogen-bond donors (Lipinski definition) is 0. The van der Waals surface area contributed by atoms with E-state index in [-0.39, 0.29) is 5.69 Å². The monoisotopic (exact) mass is 236 g/mol. The van der Waals surface area contributed by atoms with Gasteiger partial charge in [-0.25, -0.2) is 13.3 Å². The molecule has 2 heterocycles. The third-order valence-electron chi connectivity index (χ3n) is 3.65. The van der Waals surface area contributed by atoms with Crippen LogP contribution in [0.4, 0.5) is 8.78 Å². The molecule has 0 saturated heterocycles. The Morgan fingerprint density at radius 2 is 2.12 bits per heavy atom. The molecule has 2 aromatic heterocycles. The van der Waals surface area contributed by atoms with Gasteiger partial charge in [-0.05, 0) is 37.8 Å². The number of pyridine rings is 1. The van der Waals surface area contributed by atoms with Crippen LogP contribution in [0.5, 0.6) is 0 Å². The van der Waals surface area contributed by atoms with Gasteiger partial charge in [0.25, 0.3) is 6.43 Å². The molecule has 0 radical (unpaired) electrons. The molecular formula is C13H14F2N2. The zero-order chi connectivity index (χ0) is 12.0. The Kier molecular flexibility index (Phi) is 2.38. The quantitative estimate of drug-likeness (QED) is 0.774. The molecule has 1 saturated carbocycles. The lowest BCUT2D eigenvalue weighted by Crippen LogP contribution is -2.09. The Morgan fingerprint density at radius 3 is 2.71 bits per heavy atom. The van der Waals surface area contributed by atoms with Gasteiger partial charge >= 0.3 is 0 Å². The smallest absolute Gasteiger partial charge is 0.231 e. The van der Waals surface area contributed by atoms with Gasteiger partial charge in [-0.1, -0.05) is 12.5 Å². The average molecular weight is 236 g/mol. The largest absolute Gasteiger partial charge is 0.280 e. The van der Waals surface area contributed by atoms with Gasteiger partial charge in [-0.15, -0.1) is 0 Å². The fourth-order valence-electron chi connectivity index (χ4n) is 2.59. The van der Waals surface area contributed by atoms with Crippen LogP contribution >= 0.6 is 0 Å². The van der Waals surface area contributed by atoms with E-state index in [0.717, 1.165) is 24.1 Å². The number of alkyl halides is 2. The van der Waals surface area contributed by atoms with Crippen LogP contribution < -0.4 is 0 Å². The maximum absolute atomic E-state index is 12.9. The zero-order valence-corrected chi connectivity index (χ0v) is 9.66. The molecule has 2 nitrogen and oxygen atoms in total. The van der Waals surface area contributed by atoms with Crippen LogP contribution in [0.25, 0.3) is 5.52 Å². The molecule has 0 aromatic carbocycles. The van der Waals surface area contributed by atoms with Crippen molar-refractivity contribution in [2.24, 2.45) is 0 Å². The first-order valence-corrected chi connectivity index (χ1v) is 5.95. The van der Waals surface area contributed by atoms with Gasteiger partial charge in [0.15, 0.2) is 0 Å². The topological polar surface area (TPSA) is 17.3 Å². The molecule has 4 heteroatoms. The van der Waals surface area contributed by atoms with Crippen molar-refractivity contribution in [3.05, 3.63) is 35.2 Å². The van der Waals surface area contributed by atoms with Crippen molar-refractivity contribution in [2.45, 2.75) is 38.5 Å². The second kappa shape index (κ2) is 3.79. The number of aromatic nitrogens is 2. The Labute approximate surface area is 98.3 Å². The Hall–Kier alpha value is -1.45. The molecule has 1 aliphatic rings. The van der Waals surface area contributed by atoms with Gasteiger partial charge < -0.3 is 0 Å². The van der Waals surface area contributed by atoms with Crippen molar-refractivity contribution >= 4 is 5.52 Å². The normalized spacial score (nSPS) is 16.7. The fraction of sp³-hybridized carbons (Fsp3) is 0.462. The number of halogens is 2. The molecule has 0 bridgehead atoms. The van der Waals surface area contributed by atoms with Crippen molar-refractivity contribution in [2.75, 3.05) is 0 Å². The molecule has 0 amide bonds. The SMILES string of the molecule is Cc1nn2c(C(F)F)cccc2c1C1CCC1. The molecule has 0 atom stereocenters. The summed E-state index contributed by atoms with van der Waals surface area (Å²) < 4.78 is 27.2. The molecule has 1 fully saturated rings. The minimum atomic E-state index is -2.48. The summed E-state index contributed by atoms with van der Waals surface area (Å²) in [6, 6.07) is 5.02. The van der Waals surface area contributed by atoms with E-state index >= 15 is 0 Å². The lowest BCUT2D eigenvalue weighted by Gasteiger charge is -2.25. The summed E-state index contributed by atoms with van der Waals surface area (Å²) in [6.45, 7) is 1.91. The minimum Gasteiger partial charge on any atom is -0.231 e. The molecule has 0 aliphatic heterocycles. The lowest BCUT2D eigenvalue weighted by molar-refractivity contribution is 0.143. The van der Waals surface area contributed by atoms with Gasteiger partial charge in [0.05, 0.1) is 11.2 Å². The molecule has 90 valence electrons. The Balaban J connectivity index is 2.23. The van der Waals surface area contributed by atoms with Crippen molar-refractivity contribution in [1.29, 1.82) is 0 Å². The summed E-state index contributed by atoms with van der Waals surface area (Å²) in [5.41, 5.74) is 2.89. The van der Waals surface area contributed by atoms with Crippen molar-refractivity contribution in [3.63, 3.8) is 0 Å². The second-order valence-corrected chi connectivity index (χ2v) is 4.68. The first-order chi connectivity index (χ1) is 8.18. The van der Waals surface area contributed by atoms with E-state index in [2.05, 4.69) is 5.10 Å². The molecule has 1 aliphatic carbocycles. The minimum absolute atomic E-state index is 0.0174. The van der Waals surface area contributed by atoms with E-state index in [1.165, 1.54) is 22.6 Å². The number of nitrogens with zero attached hydrogens (tertiary/aromatic N) is 2. The molecule has 0 spiro atoms. The molecule has 0 N–H and O–H groups in total. The van der Waals surface area contributed by atoms with E-state index in [1.807, 2.05) is 13.0 Å². The highest BCUT2D eigenvalue weighted by atomic mass is 19.3. The summed E-state index contributed by atoms with van der Waals surface area (Å²) in [4.78, 5) is 0. The predicted octanol–water partition coefficient (Wildman–Crippen LogP) is 3.85. The van der Waals surface area contributed by atoms with Crippen LogP contribution in [-0.4, -0.2) is 9.61 Å². The number of rotatable bonds is 2. The number of hydrogen-bond acceptors (Lipinski definition) is 1. The van der Waals surface area contributed by atoms with Crippen LogP contribution in [0.15, 0.2) is 18.2 Å². The first kappa shape index (κ1) is 10.7. The van der Waals surface area contributed by atoms with E-state index in [0.29, 0.717) is 5.92 Å². The van der Waals surface area contributed by atoms with Crippen molar-refractivity contribution in [3.8, 4) is 0 Å². The van der Waals surface area contributed by atoms with Crippen molar-refractivity contribution < 1.29 is 8.78 Å². The van der Waals surface area contributed by atoms with Gasteiger partial charge in [0.1, 0.15) is 5.69 Å². The van der Waals surface area contributed by atoms with Gasteiger partial charge in [-0.2, -0.15) is 5.10 Å². The van der Waals surface area contributed by atoms with E-state index in [4.69, 9.17) is 0 Å². The predicted molar refractivity (Wildman–Crippen MR) is 61.5 cm³/mol. The van der Waals surface area contributed by atoms with Crippen LogP contribution in [0, 0.1) is 6.92 Å². The highest BCUT2D eigenvalue weighted by Gasteiger charge is 2.26. The number of aryl methyl sites for hydroxylation is 1. The van der Waals surface area contributed by atoms with E-state index < -0.39 is 6.43 Å². The summed E-state index contributed by atoms with van der Waals surface area (Å²) in [6.07, 6.45) is 1.06. The van der Waals surface area contributed by atoms with Crippen LogP contribution in [0.3, 0.4) is 0 Å². The van der Waals surface area contributed by atoms with E-state index in [1.54, 1.807) is 6.07 Å². The van der Waals surface area contributed by atoms with E-state index in [9.17, 15) is 8.78 Å². The summed E-state index contributed by atoms with van der Waals surface area (Å²) in [5.74, 6) is 0.514. The maximum atomic E-state index is 12.9. The maximum Gasteiger partial charge on any atom is 0.280 e. The summed E-state index contributed by atoms with van der Waals surface area (Å²) in [5, 5.41) is 4.27. The molecular weight excluding hydrogens is 222 g/mol. The summed E-state index contributed by atoms with van der Waals surface area (Å²) in [7, 11) is 0. The van der Waals surface area contributed by atoms with Crippen LogP contribution in [-0.2, 0) is 0 Å². The fourth-order valence-corrected chi connectivity index (χ4v) is 2.59. The Morgan fingerprint density at radius 1 is 1.35 bits per heavy atom. The molecule has 17 heavy (non-hydrogen) atoms. The molecule has 2 aromatic rings. The van der Waals surface area contributed by atoms with Crippen LogP contribution in [0.2, 0.25) is 0 Å². The third-order valence-corrected chi connectivity index (χ3v) is 3.65. The van der Waals surface area contributed by atoms with Crippen LogP contribution in [0.1, 0.15) is 48.6 Å². The third kappa shape index (κ3) is 1.54. The average Bonchev–Trinajstić information content (AvgIpc) is 2.53. The highest BCUT2D eigenvalue weighted by Crippen LogP contribution is 2.40. The Bertz CT molecular complexity index is 556. The summed E-state index contributed by atoms with van der Waals surface area (Å²) >= 11 is 0. The first-order valence-electron chi connectivity index (χ1n) is 5.95. The highest BCUT2D eigenvalue weighted by molar-refractivity contribution is 5.59. The standard InChI is InChI=1S/C13H14F2N2/c1-8-12(9-4-2-5-9)10-6-3-7-11(13(14)15)17(10)16-8/h3,6-7,9,13H,2,4-5H2,1H3. The zero-order valence-electron chi connectivity index (χ0n) is 9.66. The second-order valence-electron chi connectivity index (χ2n) is 4.68. The lowest BCUT2D eigenvalue weighted by atomic mass is 9.79. The van der Waals surface area contributed by atoms with Gasteiger partial charge in [0, 0.05) is 5.56 Å². The number of fused-ring (bicyclic) bond motifs is 1.